The zero-order chi connectivity index (χ0) is 17.2. The zero-order valence-corrected chi connectivity index (χ0v) is 12.6. The van der Waals surface area contributed by atoms with Gasteiger partial charge in [-0.05, 0) is 19.2 Å². The Morgan fingerprint density at radius 2 is 2.04 bits per heavy atom. The number of rotatable bonds is 3. The number of amides is 1. The fourth-order valence-corrected chi connectivity index (χ4v) is 2.54. The van der Waals surface area contributed by atoms with Crippen molar-refractivity contribution in [3.05, 3.63) is 23.8 Å². The molecule has 0 radical (unpaired) electrons. The van der Waals surface area contributed by atoms with Crippen molar-refractivity contribution in [2.24, 2.45) is 0 Å². The predicted octanol–water partition coefficient (Wildman–Crippen LogP) is 2.56. The highest BCUT2D eigenvalue weighted by molar-refractivity contribution is 5.66. The summed E-state index contributed by atoms with van der Waals surface area (Å²) in [5, 5.41) is 9.30. The molecule has 9 heteroatoms. The molecule has 1 heterocycles. The van der Waals surface area contributed by atoms with E-state index in [4.69, 9.17) is 4.74 Å². The first-order chi connectivity index (χ1) is 10.7. The van der Waals surface area contributed by atoms with Crippen molar-refractivity contribution in [2.75, 3.05) is 33.8 Å². The van der Waals surface area contributed by atoms with Gasteiger partial charge in [0.2, 0.25) is 0 Å². The number of piperazine rings is 1. The molecular weight excluding hydrogens is 317 g/mol. The number of likely N-dealkylation sites (N-methyl/N-ethyl adjacent to an activating group) is 1. The van der Waals surface area contributed by atoms with Crippen LogP contribution in [-0.4, -0.2) is 61.2 Å². The Hall–Kier alpha value is -2.16. The number of carboxylic acid groups (broad SMARTS) is 1. The Kier molecular flexibility index (Phi) is 4.88. The lowest BCUT2D eigenvalue weighted by atomic mass is 10.0. The van der Waals surface area contributed by atoms with Gasteiger partial charge in [0.1, 0.15) is 11.5 Å². The van der Waals surface area contributed by atoms with E-state index in [1.54, 1.807) is 7.05 Å². The molecule has 1 amide bonds. The van der Waals surface area contributed by atoms with E-state index in [2.05, 4.69) is 4.74 Å². The Labute approximate surface area is 131 Å². The van der Waals surface area contributed by atoms with Gasteiger partial charge in [-0.1, -0.05) is 0 Å². The number of carbonyl (C=O) groups is 1. The zero-order valence-electron chi connectivity index (χ0n) is 12.6. The fourth-order valence-electron chi connectivity index (χ4n) is 2.54. The molecule has 23 heavy (non-hydrogen) atoms. The van der Waals surface area contributed by atoms with Crippen LogP contribution in [0, 0.1) is 0 Å². The highest BCUT2D eigenvalue weighted by atomic mass is 19.4. The molecule has 1 saturated heterocycles. The van der Waals surface area contributed by atoms with E-state index in [9.17, 15) is 23.1 Å². The maximum absolute atomic E-state index is 12.7. The van der Waals surface area contributed by atoms with Crippen LogP contribution in [0.4, 0.5) is 18.0 Å². The van der Waals surface area contributed by atoms with Crippen LogP contribution in [0.25, 0.3) is 0 Å². The third kappa shape index (κ3) is 4.19. The minimum absolute atomic E-state index is 0.150. The first kappa shape index (κ1) is 17.2. The Balaban J connectivity index is 2.44. The van der Waals surface area contributed by atoms with Gasteiger partial charge in [0.25, 0.3) is 0 Å². The van der Waals surface area contributed by atoms with Gasteiger partial charge in [0, 0.05) is 31.3 Å². The molecule has 0 aliphatic carbocycles. The molecule has 6 nitrogen and oxygen atoms in total. The molecule has 2 rings (SSSR count). The smallest absolute Gasteiger partial charge is 0.497 e. The number of nitrogens with zero attached hydrogens (tertiary/aromatic N) is 2. The summed E-state index contributed by atoms with van der Waals surface area (Å²) in [6.07, 6.45) is -6.06. The van der Waals surface area contributed by atoms with Crippen LogP contribution < -0.4 is 9.47 Å². The number of alkyl halides is 3. The first-order valence-electron chi connectivity index (χ1n) is 6.83. The highest BCUT2D eigenvalue weighted by Crippen LogP contribution is 2.37. The monoisotopic (exact) mass is 334 g/mol. The molecule has 1 N–H and O–H groups in total. The largest absolute Gasteiger partial charge is 0.573 e. The van der Waals surface area contributed by atoms with Gasteiger partial charge in [-0.25, -0.2) is 4.79 Å². The maximum atomic E-state index is 12.7. The first-order valence-corrected chi connectivity index (χ1v) is 6.83. The number of benzene rings is 1. The molecule has 1 aliphatic rings. The van der Waals surface area contributed by atoms with Gasteiger partial charge in [0.05, 0.1) is 13.2 Å². The fraction of sp³-hybridized carbons (Fsp3) is 0.500. The topological polar surface area (TPSA) is 62.2 Å². The van der Waals surface area contributed by atoms with Crippen LogP contribution in [0.15, 0.2) is 18.2 Å². The minimum atomic E-state index is -4.88. The summed E-state index contributed by atoms with van der Waals surface area (Å²) in [5.41, 5.74) is 0.150. The minimum Gasteiger partial charge on any atom is -0.497 e. The lowest BCUT2D eigenvalue weighted by Crippen LogP contribution is -2.49. The molecule has 0 spiro atoms. The average molecular weight is 334 g/mol. The van der Waals surface area contributed by atoms with Gasteiger partial charge in [-0.3, -0.25) is 4.90 Å². The Bertz CT molecular complexity index is 580. The standard InChI is InChI=1S/C14H17F3N2O4/c1-18-5-6-19(13(20)21)11(8-18)10-4-3-9(22-2)7-12(10)23-14(15,16)17/h3-4,7,11H,5-6,8H2,1-2H3,(H,20,21). The van der Waals surface area contributed by atoms with Gasteiger partial charge < -0.3 is 19.5 Å². The quantitative estimate of drug-likeness (QED) is 0.920. The lowest BCUT2D eigenvalue weighted by molar-refractivity contribution is -0.275. The number of ether oxygens (including phenoxy) is 2. The molecule has 1 aromatic carbocycles. The molecule has 1 aliphatic heterocycles. The predicted molar refractivity (Wildman–Crippen MR) is 74.6 cm³/mol. The molecular formula is C14H17F3N2O4. The summed E-state index contributed by atoms with van der Waals surface area (Å²) in [6.45, 7) is 0.981. The summed E-state index contributed by atoms with van der Waals surface area (Å²) in [5.74, 6) is -0.262. The summed E-state index contributed by atoms with van der Waals surface area (Å²) in [4.78, 5) is 14.4. The molecule has 0 bridgehead atoms. The molecule has 0 saturated carbocycles. The average Bonchev–Trinajstić information content (AvgIpc) is 2.45. The molecule has 128 valence electrons. The lowest BCUT2D eigenvalue weighted by Gasteiger charge is -2.39. The second-order valence-electron chi connectivity index (χ2n) is 5.21. The van der Waals surface area contributed by atoms with E-state index in [0.29, 0.717) is 6.54 Å². The van der Waals surface area contributed by atoms with Crippen molar-refractivity contribution in [1.82, 2.24) is 9.80 Å². The molecule has 1 atom stereocenters. The third-order valence-corrected chi connectivity index (χ3v) is 3.63. The number of methoxy groups -OCH3 is 1. The molecule has 1 aromatic rings. The number of hydrogen-bond acceptors (Lipinski definition) is 4. The van der Waals surface area contributed by atoms with Crippen LogP contribution in [-0.2, 0) is 0 Å². The van der Waals surface area contributed by atoms with Gasteiger partial charge in [0.15, 0.2) is 0 Å². The van der Waals surface area contributed by atoms with Crippen molar-refractivity contribution >= 4 is 6.09 Å². The summed E-state index contributed by atoms with van der Waals surface area (Å²) >= 11 is 0. The van der Waals surface area contributed by atoms with Gasteiger partial charge >= 0.3 is 12.5 Å². The summed E-state index contributed by atoms with van der Waals surface area (Å²) in [7, 11) is 3.10. The van der Waals surface area contributed by atoms with Crippen molar-refractivity contribution in [2.45, 2.75) is 12.4 Å². The number of halogens is 3. The normalized spacial score (nSPS) is 19.5. The number of hydrogen-bond donors (Lipinski definition) is 1. The van der Waals surface area contributed by atoms with Crippen molar-refractivity contribution < 1.29 is 32.5 Å². The highest BCUT2D eigenvalue weighted by Gasteiger charge is 2.36. The SMILES string of the molecule is COc1ccc(C2CN(C)CCN2C(=O)O)c(OC(F)(F)F)c1. The third-order valence-electron chi connectivity index (χ3n) is 3.63. The van der Waals surface area contributed by atoms with E-state index >= 15 is 0 Å². The van der Waals surface area contributed by atoms with Gasteiger partial charge in [-0.2, -0.15) is 0 Å². The van der Waals surface area contributed by atoms with E-state index in [0.717, 1.165) is 11.0 Å². The maximum Gasteiger partial charge on any atom is 0.573 e. The second kappa shape index (κ2) is 6.53. The van der Waals surface area contributed by atoms with E-state index in [1.165, 1.54) is 19.2 Å². The molecule has 0 aromatic heterocycles. The molecule has 1 fully saturated rings. The van der Waals surface area contributed by atoms with Crippen LogP contribution in [0.2, 0.25) is 0 Å². The Morgan fingerprint density at radius 3 is 2.61 bits per heavy atom. The second-order valence-corrected chi connectivity index (χ2v) is 5.21. The van der Waals surface area contributed by atoms with E-state index in [-0.39, 0.29) is 24.4 Å². The molecule has 1 unspecified atom stereocenters. The van der Waals surface area contributed by atoms with Crippen LogP contribution in [0.3, 0.4) is 0 Å². The van der Waals surface area contributed by atoms with Crippen molar-refractivity contribution in [3.8, 4) is 11.5 Å². The van der Waals surface area contributed by atoms with Crippen LogP contribution in [0.1, 0.15) is 11.6 Å². The van der Waals surface area contributed by atoms with Crippen molar-refractivity contribution in [3.63, 3.8) is 0 Å². The summed E-state index contributed by atoms with van der Waals surface area (Å²) in [6, 6.07) is 3.24. The summed E-state index contributed by atoms with van der Waals surface area (Å²) < 4.78 is 47.0. The van der Waals surface area contributed by atoms with E-state index in [1.807, 2.05) is 4.90 Å². The van der Waals surface area contributed by atoms with Gasteiger partial charge in [-0.15, -0.1) is 13.2 Å². The Morgan fingerprint density at radius 1 is 1.35 bits per heavy atom. The van der Waals surface area contributed by atoms with Crippen LogP contribution >= 0.6 is 0 Å². The van der Waals surface area contributed by atoms with E-state index < -0.39 is 24.2 Å². The van der Waals surface area contributed by atoms with Crippen LogP contribution in [0.5, 0.6) is 11.5 Å². The van der Waals surface area contributed by atoms with Crippen molar-refractivity contribution in [1.29, 1.82) is 0 Å².